The standard InChI is InChI=1S/C27H30N4O4S/c1-2-29(17-21-11-7-4-8-12-21)24(33)19-30-22-14-16-36-25(22)26(34)31(27(30)35)18-23(32)28-15-13-20-9-5-3-6-10-20/h3-12,14,16,22,25H,2,13,15,17-19H2,1H3,(H,28,32). The number of nitrogens with one attached hydrogen (secondary N) is 1. The van der Waals surface area contributed by atoms with E-state index in [-0.39, 0.29) is 19.0 Å². The fourth-order valence-corrected chi connectivity index (χ4v) is 5.39. The first-order valence-electron chi connectivity index (χ1n) is 12.0. The van der Waals surface area contributed by atoms with Crippen LogP contribution in [0.15, 0.2) is 72.1 Å². The minimum Gasteiger partial charge on any atom is -0.354 e. The smallest absolute Gasteiger partial charge is 0.328 e. The summed E-state index contributed by atoms with van der Waals surface area (Å²) in [6.45, 7) is 2.68. The number of carbonyl (C=O) groups excluding carboxylic acids is 4. The van der Waals surface area contributed by atoms with E-state index in [9.17, 15) is 19.2 Å². The maximum absolute atomic E-state index is 13.4. The second-order valence-electron chi connectivity index (χ2n) is 8.69. The zero-order valence-corrected chi connectivity index (χ0v) is 21.0. The Kier molecular flexibility index (Phi) is 8.43. The van der Waals surface area contributed by atoms with Gasteiger partial charge in [0.1, 0.15) is 18.3 Å². The Balaban J connectivity index is 1.40. The number of hydrogen-bond acceptors (Lipinski definition) is 5. The maximum atomic E-state index is 13.4. The van der Waals surface area contributed by atoms with Gasteiger partial charge in [0, 0.05) is 19.6 Å². The molecule has 2 atom stereocenters. The van der Waals surface area contributed by atoms with Gasteiger partial charge in [-0.1, -0.05) is 66.7 Å². The highest BCUT2D eigenvalue weighted by atomic mass is 32.2. The molecule has 8 nitrogen and oxygen atoms in total. The van der Waals surface area contributed by atoms with Crippen molar-refractivity contribution in [3.63, 3.8) is 0 Å². The molecule has 36 heavy (non-hydrogen) atoms. The molecule has 1 N–H and O–H groups in total. The highest BCUT2D eigenvalue weighted by molar-refractivity contribution is 8.03. The molecule has 9 heteroatoms. The Hall–Kier alpha value is -3.59. The number of imide groups is 1. The van der Waals surface area contributed by atoms with Gasteiger partial charge in [-0.25, -0.2) is 4.79 Å². The van der Waals surface area contributed by atoms with Gasteiger partial charge in [-0.15, -0.1) is 11.8 Å². The molecule has 2 aromatic carbocycles. The van der Waals surface area contributed by atoms with Crippen LogP contribution in [-0.4, -0.2) is 75.9 Å². The largest absolute Gasteiger partial charge is 0.354 e. The summed E-state index contributed by atoms with van der Waals surface area (Å²) in [7, 11) is 0. The zero-order chi connectivity index (χ0) is 25.5. The number of nitrogens with zero attached hydrogens (tertiary/aromatic N) is 3. The summed E-state index contributed by atoms with van der Waals surface area (Å²) in [6, 6.07) is 18.3. The van der Waals surface area contributed by atoms with Crippen molar-refractivity contribution in [1.82, 2.24) is 20.0 Å². The predicted molar refractivity (Wildman–Crippen MR) is 139 cm³/mol. The normalized spacial score (nSPS) is 18.8. The van der Waals surface area contributed by atoms with E-state index < -0.39 is 29.1 Å². The summed E-state index contributed by atoms with van der Waals surface area (Å²) in [6.07, 6.45) is 2.43. The SMILES string of the molecule is CCN(Cc1ccccc1)C(=O)CN1C(=O)N(CC(=O)NCCc2ccccc2)C(=O)C2SC=CC21. The van der Waals surface area contributed by atoms with Crippen LogP contribution in [0.4, 0.5) is 4.79 Å². The molecule has 0 aromatic heterocycles. The van der Waals surface area contributed by atoms with Crippen molar-refractivity contribution in [3.05, 3.63) is 83.3 Å². The first kappa shape index (κ1) is 25.5. The van der Waals surface area contributed by atoms with Gasteiger partial charge in [0.05, 0.1) is 6.04 Å². The molecule has 2 aliphatic rings. The molecule has 2 aromatic rings. The summed E-state index contributed by atoms with van der Waals surface area (Å²) < 4.78 is 0. The Bertz CT molecular complexity index is 1130. The number of hydrogen-bond donors (Lipinski definition) is 1. The van der Waals surface area contributed by atoms with Gasteiger partial charge in [-0.05, 0) is 29.9 Å². The second-order valence-corrected chi connectivity index (χ2v) is 9.74. The molecular weight excluding hydrogens is 476 g/mol. The van der Waals surface area contributed by atoms with Gasteiger partial charge in [0.15, 0.2) is 0 Å². The number of urea groups is 1. The van der Waals surface area contributed by atoms with Gasteiger partial charge in [0.2, 0.25) is 17.7 Å². The number of carbonyl (C=O) groups is 4. The van der Waals surface area contributed by atoms with Gasteiger partial charge in [-0.2, -0.15) is 0 Å². The third kappa shape index (κ3) is 5.96. The molecule has 188 valence electrons. The van der Waals surface area contributed by atoms with Crippen LogP contribution in [0.5, 0.6) is 0 Å². The molecule has 0 spiro atoms. The topological polar surface area (TPSA) is 90.0 Å². The third-order valence-corrected chi connectivity index (χ3v) is 7.38. The van der Waals surface area contributed by atoms with E-state index in [2.05, 4.69) is 5.32 Å². The van der Waals surface area contributed by atoms with E-state index in [1.165, 1.54) is 16.7 Å². The summed E-state index contributed by atoms with van der Waals surface area (Å²) in [5.74, 6) is -1.02. The Morgan fingerprint density at radius 3 is 2.31 bits per heavy atom. The molecular formula is C27H30N4O4S. The zero-order valence-electron chi connectivity index (χ0n) is 20.2. The van der Waals surface area contributed by atoms with Crippen molar-refractivity contribution in [2.45, 2.75) is 31.2 Å². The van der Waals surface area contributed by atoms with Crippen LogP contribution >= 0.6 is 11.8 Å². The van der Waals surface area contributed by atoms with Crippen LogP contribution in [0.3, 0.4) is 0 Å². The highest BCUT2D eigenvalue weighted by Crippen LogP contribution is 2.34. The lowest BCUT2D eigenvalue weighted by Crippen LogP contribution is -2.64. The molecule has 1 saturated heterocycles. The molecule has 1 fully saturated rings. The summed E-state index contributed by atoms with van der Waals surface area (Å²) in [5.41, 5.74) is 2.08. The molecule has 5 amide bonds. The van der Waals surface area contributed by atoms with E-state index in [0.29, 0.717) is 26.1 Å². The van der Waals surface area contributed by atoms with Crippen LogP contribution in [0.1, 0.15) is 18.1 Å². The lowest BCUT2D eigenvalue weighted by atomic mass is 10.1. The molecule has 2 unspecified atom stereocenters. The number of rotatable bonds is 10. The molecule has 0 aliphatic carbocycles. The molecule has 0 bridgehead atoms. The van der Waals surface area contributed by atoms with Gasteiger partial charge < -0.3 is 15.1 Å². The van der Waals surface area contributed by atoms with Crippen molar-refractivity contribution in [2.75, 3.05) is 26.2 Å². The molecule has 4 rings (SSSR count). The van der Waals surface area contributed by atoms with Gasteiger partial charge >= 0.3 is 6.03 Å². The molecule has 0 radical (unpaired) electrons. The van der Waals surface area contributed by atoms with Crippen molar-refractivity contribution < 1.29 is 19.2 Å². The van der Waals surface area contributed by atoms with Crippen molar-refractivity contribution >= 4 is 35.5 Å². The van der Waals surface area contributed by atoms with E-state index in [0.717, 1.165) is 16.0 Å². The first-order valence-corrected chi connectivity index (χ1v) is 13.0. The first-order chi connectivity index (χ1) is 17.5. The van der Waals surface area contributed by atoms with E-state index in [1.54, 1.807) is 16.4 Å². The Morgan fingerprint density at radius 2 is 1.64 bits per heavy atom. The third-order valence-electron chi connectivity index (χ3n) is 6.29. The highest BCUT2D eigenvalue weighted by Gasteiger charge is 2.48. The van der Waals surface area contributed by atoms with Crippen molar-refractivity contribution in [1.29, 1.82) is 0 Å². The fourth-order valence-electron chi connectivity index (χ4n) is 4.33. The van der Waals surface area contributed by atoms with Crippen molar-refractivity contribution in [3.8, 4) is 0 Å². The lowest BCUT2D eigenvalue weighted by Gasteiger charge is -2.41. The van der Waals surface area contributed by atoms with Crippen LogP contribution in [0, 0.1) is 0 Å². The summed E-state index contributed by atoms with van der Waals surface area (Å²) in [5, 5.41) is 4.01. The Labute approximate surface area is 215 Å². The fraction of sp³-hybridized carbons (Fsp3) is 0.333. The quantitative estimate of drug-likeness (QED) is 0.535. The minimum absolute atomic E-state index is 0.162. The van der Waals surface area contributed by atoms with Crippen molar-refractivity contribution in [2.24, 2.45) is 0 Å². The minimum atomic E-state index is -0.615. The van der Waals surface area contributed by atoms with Crippen LogP contribution in [-0.2, 0) is 27.3 Å². The Morgan fingerprint density at radius 1 is 0.972 bits per heavy atom. The van der Waals surface area contributed by atoms with Crippen LogP contribution in [0.25, 0.3) is 0 Å². The molecule has 0 saturated carbocycles. The number of thioether (sulfide) groups is 1. The van der Waals surface area contributed by atoms with Crippen LogP contribution in [0.2, 0.25) is 0 Å². The maximum Gasteiger partial charge on any atom is 0.328 e. The molecule has 2 aliphatic heterocycles. The average molecular weight is 507 g/mol. The summed E-state index contributed by atoms with van der Waals surface area (Å²) >= 11 is 1.31. The van der Waals surface area contributed by atoms with E-state index in [4.69, 9.17) is 0 Å². The average Bonchev–Trinajstić information content (AvgIpc) is 3.39. The number of amides is 5. The number of fused-ring (bicyclic) bond motifs is 1. The number of likely N-dealkylation sites (N-methyl/N-ethyl adjacent to an activating group) is 1. The second kappa shape index (κ2) is 11.9. The predicted octanol–water partition coefficient (Wildman–Crippen LogP) is 2.66. The monoisotopic (exact) mass is 506 g/mol. The number of benzene rings is 2. The van der Waals surface area contributed by atoms with Crippen LogP contribution < -0.4 is 5.32 Å². The van der Waals surface area contributed by atoms with E-state index >= 15 is 0 Å². The summed E-state index contributed by atoms with van der Waals surface area (Å²) in [4.78, 5) is 56.3. The lowest BCUT2D eigenvalue weighted by molar-refractivity contribution is -0.138. The molecule has 2 heterocycles. The van der Waals surface area contributed by atoms with E-state index in [1.807, 2.05) is 67.6 Å². The van der Waals surface area contributed by atoms with Gasteiger partial charge in [-0.3, -0.25) is 19.3 Å². The van der Waals surface area contributed by atoms with Gasteiger partial charge in [0.25, 0.3) is 0 Å².